The van der Waals surface area contributed by atoms with Gasteiger partial charge in [0, 0.05) is 17.5 Å². The summed E-state index contributed by atoms with van der Waals surface area (Å²) in [5.74, 6) is -1.47. The predicted octanol–water partition coefficient (Wildman–Crippen LogP) is 3.30. The second-order valence-electron chi connectivity index (χ2n) is 5.59. The minimum Gasteiger partial charge on any atom is -0.361 e. The molecule has 0 saturated heterocycles. The fourth-order valence-corrected chi connectivity index (χ4v) is 3.34. The molecule has 0 bridgehead atoms. The molecular formula is C15H15F2N5O2S. The molecule has 10 heteroatoms. The summed E-state index contributed by atoms with van der Waals surface area (Å²) in [6, 6.07) is 3.00. The number of imidazole rings is 1. The maximum Gasteiger partial charge on any atom is 0.372 e. The van der Waals surface area contributed by atoms with Gasteiger partial charge in [-0.3, -0.25) is 0 Å². The minimum atomic E-state index is -0.666. The Morgan fingerprint density at radius 3 is 2.68 bits per heavy atom. The molecule has 0 aliphatic carbocycles. The Kier molecular flexibility index (Phi) is 4.64. The summed E-state index contributed by atoms with van der Waals surface area (Å²) >= 11 is 1.26. The van der Waals surface area contributed by atoms with Gasteiger partial charge in [-0.25, -0.2) is 8.78 Å². The minimum absolute atomic E-state index is 0.0521. The lowest BCUT2D eigenvalue weighted by Crippen LogP contribution is -2.28. The summed E-state index contributed by atoms with van der Waals surface area (Å²) in [6.07, 6.45) is 1.55. The second-order valence-corrected chi connectivity index (χ2v) is 6.47. The number of likely N-dealkylation sites (N-methyl/N-ethyl adjacent to an activating group) is 1. The van der Waals surface area contributed by atoms with Gasteiger partial charge in [0.25, 0.3) is 4.96 Å². The Hall–Kier alpha value is -2.59. The number of rotatable bonds is 6. The van der Waals surface area contributed by atoms with Gasteiger partial charge >= 0.3 is 5.82 Å². The van der Waals surface area contributed by atoms with E-state index < -0.39 is 22.6 Å². The fraction of sp³-hybridized carbons (Fsp3) is 0.267. The Bertz CT molecular complexity index is 904. The van der Waals surface area contributed by atoms with Gasteiger partial charge in [0.15, 0.2) is 0 Å². The zero-order valence-corrected chi connectivity index (χ0v) is 14.3. The van der Waals surface area contributed by atoms with Crippen LogP contribution in [0.1, 0.15) is 11.6 Å². The second kappa shape index (κ2) is 6.73. The van der Waals surface area contributed by atoms with E-state index in [9.17, 15) is 18.9 Å². The summed E-state index contributed by atoms with van der Waals surface area (Å²) in [6.45, 7) is 0.0521. The van der Waals surface area contributed by atoms with E-state index in [1.54, 1.807) is 30.6 Å². The van der Waals surface area contributed by atoms with Gasteiger partial charge in [-0.05, 0) is 31.2 Å². The van der Waals surface area contributed by atoms with Gasteiger partial charge < -0.3 is 20.3 Å². The number of anilines is 1. The van der Waals surface area contributed by atoms with Gasteiger partial charge in [0.05, 0.1) is 6.04 Å². The van der Waals surface area contributed by atoms with Crippen LogP contribution in [0, 0.1) is 21.7 Å². The van der Waals surface area contributed by atoms with Crippen LogP contribution in [0.15, 0.2) is 29.8 Å². The molecule has 132 valence electrons. The fourth-order valence-electron chi connectivity index (χ4n) is 2.63. The lowest BCUT2D eigenvalue weighted by Gasteiger charge is -2.25. The van der Waals surface area contributed by atoms with Crippen LogP contribution in [-0.2, 0) is 0 Å². The molecule has 0 amide bonds. The quantitative estimate of drug-likeness (QED) is 0.534. The highest BCUT2D eigenvalue weighted by atomic mass is 32.1. The Labute approximate surface area is 145 Å². The van der Waals surface area contributed by atoms with Gasteiger partial charge in [-0.15, -0.1) is 0 Å². The molecule has 1 unspecified atom stereocenters. The van der Waals surface area contributed by atoms with Crippen molar-refractivity contribution in [1.29, 1.82) is 0 Å². The van der Waals surface area contributed by atoms with Crippen molar-refractivity contribution in [3.63, 3.8) is 0 Å². The molecule has 0 aliphatic heterocycles. The van der Waals surface area contributed by atoms with Crippen LogP contribution in [0.3, 0.4) is 0 Å². The molecule has 1 atom stereocenters. The zero-order chi connectivity index (χ0) is 18.1. The van der Waals surface area contributed by atoms with Crippen molar-refractivity contribution in [2.45, 2.75) is 6.04 Å². The molecule has 7 nitrogen and oxygen atoms in total. The number of nitrogens with one attached hydrogen (secondary N) is 1. The molecule has 0 spiro atoms. The predicted molar refractivity (Wildman–Crippen MR) is 91.0 cm³/mol. The number of hydrogen-bond donors (Lipinski definition) is 1. The number of thiazole rings is 1. The molecule has 0 aliphatic rings. The summed E-state index contributed by atoms with van der Waals surface area (Å²) in [5, 5.41) is 15.9. The lowest BCUT2D eigenvalue weighted by atomic mass is 10.0. The van der Waals surface area contributed by atoms with E-state index in [4.69, 9.17) is 0 Å². The largest absolute Gasteiger partial charge is 0.372 e. The van der Waals surface area contributed by atoms with Gasteiger partial charge in [-0.1, -0.05) is 17.4 Å². The molecule has 0 saturated carbocycles. The van der Waals surface area contributed by atoms with E-state index in [2.05, 4.69) is 10.3 Å². The van der Waals surface area contributed by atoms with E-state index >= 15 is 0 Å². The molecule has 0 fully saturated rings. The van der Waals surface area contributed by atoms with Crippen LogP contribution < -0.4 is 5.32 Å². The zero-order valence-electron chi connectivity index (χ0n) is 13.4. The highest BCUT2D eigenvalue weighted by Gasteiger charge is 2.27. The van der Waals surface area contributed by atoms with E-state index in [0.29, 0.717) is 4.96 Å². The van der Waals surface area contributed by atoms with Crippen molar-refractivity contribution >= 4 is 27.9 Å². The van der Waals surface area contributed by atoms with Gasteiger partial charge in [0.2, 0.25) is 5.82 Å². The first-order valence-electron chi connectivity index (χ1n) is 7.34. The third kappa shape index (κ3) is 3.17. The normalized spacial score (nSPS) is 12.7. The third-order valence-corrected chi connectivity index (χ3v) is 4.59. The van der Waals surface area contributed by atoms with E-state index in [-0.39, 0.29) is 23.7 Å². The van der Waals surface area contributed by atoms with Crippen LogP contribution in [0.25, 0.3) is 4.96 Å². The van der Waals surface area contributed by atoms with Crippen molar-refractivity contribution < 1.29 is 13.7 Å². The molecule has 25 heavy (non-hydrogen) atoms. The van der Waals surface area contributed by atoms with E-state index in [1.165, 1.54) is 33.9 Å². The topological polar surface area (TPSA) is 75.7 Å². The summed E-state index contributed by atoms with van der Waals surface area (Å²) < 4.78 is 29.5. The summed E-state index contributed by atoms with van der Waals surface area (Å²) in [4.78, 5) is 17.1. The maximum absolute atomic E-state index is 14.1. The van der Waals surface area contributed by atoms with Crippen LogP contribution in [-0.4, -0.2) is 39.8 Å². The average Bonchev–Trinajstić information content (AvgIpc) is 3.09. The van der Waals surface area contributed by atoms with E-state index in [1.807, 2.05) is 0 Å². The molecule has 0 radical (unpaired) electrons. The number of fused-ring (bicyclic) bond motifs is 1. The molecule has 2 aromatic heterocycles. The van der Waals surface area contributed by atoms with Crippen LogP contribution >= 0.6 is 11.3 Å². The first kappa shape index (κ1) is 17.2. The number of nitro groups is 1. The highest BCUT2D eigenvalue weighted by molar-refractivity contribution is 7.15. The number of halogens is 2. The molecule has 2 heterocycles. The average molecular weight is 367 g/mol. The lowest BCUT2D eigenvalue weighted by molar-refractivity contribution is -0.389. The van der Waals surface area contributed by atoms with E-state index in [0.717, 1.165) is 0 Å². The monoisotopic (exact) mass is 367 g/mol. The molecule has 3 rings (SSSR count). The Morgan fingerprint density at radius 2 is 2.08 bits per heavy atom. The van der Waals surface area contributed by atoms with Crippen LogP contribution in [0.5, 0.6) is 0 Å². The number of hydrogen-bond acceptors (Lipinski definition) is 6. The molecule has 3 aromatic rings. The smallest absolute Gasteiger partial charge is 0.361 e. The molecule has 1 N–H and O–H groups in total. The van der Waals surface area contributed by atoms with Crippen molar-refractivity contribution in [2.24, 2.45) is 0 Å². The first-order chi connectivity index (χ1) is 11.9. The number of aromatic nitrogens is 2. The maximum atomic E-state index is 14.1. The molecule has 1 aromatic carbocycles. The first-order valence-corrected chi connectivity index (χ1v) is 8.22. The van der Waals surface area contributed by atoms with Crippen LogP contribution in [0.4, 0.5) is 20.4 Å². The van der Waals surface area contributed by atoms with Crippen molar-refractivity contribution in [1.82, 2.24) is 14.3 Å². The van der Waals surface area contributed by atoms with Crippen molar-refractivity contribution in [3.8, 4) is 0 Å². The number of nitrogens with zero attached hydrogens (tertiary/aromatic N) is 4. The van der Waals surface area contributed by atoms with Gasteiger partial charge in [0.1, 0.15) is 17.8 Å². The van der Waals surface area contributed by atoms with Crippen LogP contribution in [0.2, 0.25) is 0 Å². The van der Waals surface area contributed by atoms with Gasteiger partial charge in [-0.2, -0.15) is 9.38 Å². The van der Waals surface area contributed by atoms with Crippen molar-refractivity contribution in [3.05, 3.63) is 57.1 Å². The Balaban J connectivity index is 1.92. The summed E-state index contributed by atoms with van der Waals surface area (Å²) in [7, 11) is 3.36. The summed E-state index contributed by atoms with van der Waals surface area (Å²) in [5.41, 5.74) is -0.0938. The van der Waals surface area contributed by atoms with Crippen molar-refractivity contribution in [2.75, 3.05) is 26.0 Å². The Morgan fingerprint density at radius 1 is 1.40 bits per heavy atom. The molecular weight excluding hydrogens is 352 g/mol. The third-order valence-electron chi connectivity index (χ3n) is 3.83. The number of benzene rings is 1. The standard InChI is InChI=1S/C15H15F2N5O2S/c1-20(2)11(12-9(16)4-3-5-10(12)17)8-18-13-14(22(23)24)21-6-7-25-15(21)19-13/h3-7,11,18H,8H2,1-2H3. The highest BCUT2D eigenvalue weighted by Crippen LogP contribution is 2.30. The SMILES string of the molecule is CN(C)C(CNc1nc2sccn2c1[N+](=O)[O-])c1c(F)cccc1F.